The predicted octanol–water partition coefficient (Wildman–Crippen LogP) is 5.07. The van der Waals surface area contributed by atoms with E-state index in [2.05, 4.69) is 6.07 Å². The lowest BCUT2D eigenvalue weighted by Crippen LogP contribution is -2.40. The predicted molar refractivity (Wildman–Crippen MR) is 154 cm³/mol. The monoisotopic (exact) mass is 602 g/mol. The molecule has 0 radical (unpaired) electrons. The van der Waals surface area contributed by atoms with E-state index in [0.717, 1.165) is 0 Å². The summed E-state index contributed by atoms with van der Waals surface area (Å²) >= 11 is 0. The third-order valence-corrected chi connectivity index (χ3v) is 9.38. The van der Waals surface area contributed by atoms with E-state index in [-0.39, 0.29) is 34.9 Å². The van der Waals surface area contributed by atoms with Gasteiger partial charge in [-0.2, -0.15) is 9.57 Å². The van der Waals surface area contributed by atoms with E-state index in [9.17, 15) is 13.7 Å². The van der Waals surface area contributed by atoms with Gasteiger partial charge >= 0.3 is 5.79 Å². The van der Waals surface area contributed by atoms with Crippen molar-refractivity contribution in [3.05, 3.63) is 101 Å². The van der Waals surface area contributed by atoms with Gasteiger partial charge in [-0.15, -0.1) is 0 Å². The van der Waals surface area contributed by atoms with Gasteiger partial charge in [0.1, 0.15) is 17.3 Å². The van der Waals surface area contributed by atoms with Gasteiger partial charge in [0.25, 0.3) is 0 Å². The lowest BCUT2D eigenvalue weighted by molar-refractivity contribution is -0.0459. The topological polar surface area (TPSA) is 107 Å². The summed E-state index contributed by atoms with van der Waals surface area (Å²) in [6, 6.07) is 22.9. The van der Waals surface area contributed by atoms with Gasteiger partial charge in [0.15, 0.2) is 11.5 Å². The first-order valence-corrected chi connectivity index (χ1v) is 14.9. The van der Waals surface area contributed by atoms with Gasteiger partial charge in [0.05, 0.1) is 44.0 Å². The second kappa shape index (κ2) is 11.2. The zero-order valence-electron chi connectivity index (χ0n) is 23.4. The van der Waals surface area contributed by atoms with Crippen LogP contribution in [0, 0.1) is 17.1 Å². The number of nitrogens with zero attached hydrogens (tertiary/aromatic N) is 2. The first-order valence-electron chi connectivity index (χ1n) is 13.4. The fourth-order valence-corrected chi connectivity index (χ4v) is 6.63. The van der Waals surface area contributed by atoms with Crippen LogP contribution in [-0.2, 0) is 20.5 Å². The second-order valence-electron chi connectivity index (χ2n) is 9.89. The molecule has 1 unspecified atom stereocenters. The second-order valence-corrected chi connectivity index (χ2v) is 11.8. The van der Waals surface area contributed by atoms with Gasteiger partial charge < -0.3 is 23.7 Å². The molecule has 0 amide bonds. The minimum atomic E-state index is -3.81. The fourth-order valence-electron chi connectivity index (χ4n) is 5.20. The molecular weight excluding hydrogens is 575 g/mol. The van der Waals surface area contributed by atoms with Crippen molar-refractivity contribution in [3.8, 4) is 40.2 Å². The molecule has 4 aromatic rings. The molecule has 2 heterocycles. The van der Waals surface area contributed by atoms with Crippen molar-refractivity contribution >= 4 is 10.0 Å². The van der Waals surface area contributed by atoms with E-state index in [4.69, 9.17) is 23.7 Å². The molecule has 1 saturated heterocycles. The minimum absolute atomic E-state index is 0.0584. The summed E-state index contributed by atoms with van der Waals surface area (Å²) in [6.45, 7) is 1.14. The normalized spacial score (nSPS) is 18.2. The van der Waals surface area contributed by atoms with Gasteiger partial charge in [-0.25, -0.2) is 12.8 Å². The van der Waals surface area contributed by atoms with E-state index >= 15 is 4.39 Å². The minimum Gasteiger partial charge on any atom is -0.497 e. The summed E-state index contributed by atoms with van der Waals surface area (Å²) < 4.78 is 72.2. The van der Waals surface area contributed by atoms with Gasteiger partial charge in [-0.05, 0) is 66.7 Å². The van der Waals surface area contributed by atoms with Crippen molar-refractivity contribution in [1.29, 1.82) is 5.26 Å². The average molecular weight is 603 g/mol. The quantitative estimate of drug-likeness (QED) is 0.289. The van der Waals surface area contributed by atoms with Crippen molar-refractivity contribution in [2.24, 2.45) is 0 Å². The number of benzene rings is 4. The zero-order chi connectivity index (χ0) is 30.2. The highest BCUT2D eigenvalue weighted by Gasteiger charge is 2.46. The Hall–Kier alpha value is -4.63. The molecule has 0 spiro atoms. The molecule has 11 heteroatoms. The first-order chi connectivity index (χ1) is 20.8. The molecule has 0 aliphatic carbocycles. The Morgan fingerprint density at radius 3 is 2.16 bits per heavy atom. The van der Waals surface area contributed by atoms with Gasteiger partial charge in [0, 0.05) is 47.5 Å². The Balaban J connectivity index is 1.48. The highest BCUT2D eigenvalue weighted by Crippen LogP contribution is 2.49. The van der Waals surface area contributed by atoms with Gasteiger partial charge in [-0.1, -0.05) is 0 Å². The summed E-state index contributed by atoms with van der Waals surface area (Å²) in [7, 11) is -0.814. The maximum absolute atomic E-state index is 15.2. The molecule has 1 fully saturated rings. The number of ether oxygens (including phenoxy) is 5. The van der Waals surface area contributed by atoms with Crippen molar-refractivity contribution < 1.29 is 36.5 Å². The van der Waals surface area contributed by atoms with Crippen LogP contribution in [0.1, 0.15) is 16.7 Å². The van der Waals surface area contributed by atoms with Crippen molar-refractivity contribution in [3.63, 3.8) is 0 Å². The summed E-state index contributed by atoms with van der Waals surface area (Å²) in [5.74, 6) is -0.687. The maximum atomic E-state index is 15.2. The van der Waals surface area contributed by atoms with Crippen LogP contribution in [0.3, 0.4) is 0 Å². The highest BCUT2D eigenvalue weighted by atomic mass is 32.2. The number of hydrogen-bond acceptors (Lipinski definition) is 8. The van der Waals surface area contributed by atoms with Crippen molar-refractivity contribution in [2.45, 2.75) is 10.7 Å². The summed E-state index contributed by atoms with van der Waals surface area (Å²) in [5, 5.41) is 9.88. The molecule has 0 aromatic heterocycles. The average Bonchev–Trinajstić information content (AvgIpc) is 3.45. The first kappa shape index (κ1) is 28.5. The SMILES string of the molecule is COc1ccc(C2(c3ccc(C#N)c(-c4ccc(OC)cc4F)c3)Oc3ccc(S(=O)(=O)N4CCOCC4)cc3O2)cc1. The van der Waals surface area contributed by atoms with Crippen LogP contribution in [0.2, 0.25) is 0 Å². The number of sulfonamides is 1. The van der Waals surface area contributed by atoms with Crippen LogP contribution >= 0.6 is 0 Å². The summed E-state index contributed by atoms with van der Waals surface area (Å²) in [4.78, 5) is 0.0584. The van der Waals surface area contributed by atoms with Gasteiger partial charge in [0.2, 0.25) is 10.0 Å². The van der Waals surface area contributed by atoms with Crippen molar-refractivity contribution in [1.82, 2.24) is 4.31 Å². The Morgan fingerprint density at radius 2 is 1.49 bits per heavy atom. The third kappa shape index (κ3) is 5.03. The molecule has 0 bridgehead atoms. The number of halogens is 1. The molecule has 4 aromatic carbocycles. The largest absolute Gasteiger partial charge is 0.497 e. The highest BCUT2D eigenvalue weighted by molar-refractivity contribution is 7.89. The van der Waals surface area contributed by atoms with Crippen LogP contribution in [-0.4, -0.2) is 53.2 Å². The molecule has 2 aliphatic rings. The summed E-state index contributed by atoms with van der Waals surface area (Å²) in [5.41, 5.74) is 1.78. The molecule has 0 saturated carbocycles. The van der Waals surface area contributed by atoms with E-state index in [1.165, 1.54) is 29.6 Å². The van der Waals surface area contributed by atoms with Gasteiger partial charge in [-0.3, -0.25) is 0 Å². The molecule has 6 rings (SSSR count). The van der Waals surface area contributed by atoms with Crippen LogP contribution in [0.25, 0.3) is 11.1 Å². The van der Waals surface area contributed by atoms with Crippen molar-refractivity contribution in [2.75, 3.05) is 40.5 Å². The van der Waals surface area contributed by atoms with E-state index in [1.807, 2.05) is 0 Å². The standard InChI is InChI=1S/C32H27FN2O7S/c1-38-24-7-5-22(6-8-24)32(23-4-3-21(20-34)28(17-23)27-11-9-25(39-2)18-29(27)33)41-30-12-10-26(19-31(30)42-32)43(36,37)35-13-15-40-16-14-35/h3-12,17-19H,13-16H2,1-2H3. The number of morpholine rings is 1. The van der Waals surface area contributed by atoms with Crippen LogP contribution < -0.4 is 18.9 Å². The number of fused-ring (bicyclic) bond motifs is 1. The van der Waals surface area contributed by atoms with E-state index in [0.29, 0.717) is 47.2 Å². The Kier molecular flexibility index (Phi) is 7.43. The molecule has 2 aliphatic heterocycles. The fraction of sp³-hybridized carbons (Fsp3) is 0.219. The molecule has 43 heavy (non-hydrogen) atoms. The Bertz CT molecular complexity index is 1830. The number of hydrogen-bond donors (Lipinski definition) is 0. The lowest BCUT2D eigenvalue weighted by atomic mass is 9.91. The van der Waals surface area contributed by atoms with E-state index < -0.39 is 21.6 Å². The number of methoxy groups -OCH3 is 2. The molecular formula is C32H27FN2O7S. The Labute approximate surface area is 248 Å². The third-order valence-electron chi connectivity index (χ3n) is 7.49. The van der Waals surface area contributed by atoms with E-state index in [1.54, 1.807) is 67.8 Å². The number of rotatable bonds is 7. The van der Waals surface area contributed by atoms with Crippen LogP contribution in [0.15, 0.2) is 83.8 Å². The van der Waals surface area contributed by atoms with Crippen LogP contribution in [0.4, 0.5) is 4.39 Å². The zero-order valence-corrected chi connectivity index (χ0v) is 24.2. The van der Waals surface area contributed by atoms with Crippen LogP contribution in [0.5, 0.6) is 23.0 Å². The number of nitriles is 1. The lowest BCUT2D eigenvalue weighted by Gasteiger charge is -2.29. The Morgan fingerprint density at radius 1 is 0.814 bits per heavy atom. The molecule has 0 N–H and O–H groups in total. The molecule has 1 atom stereocenters. The molecule has 9 nitrogen and oxygen atoms in total. The maximum Gasteiger partial charge on any atom is 0.305 e. The summed E-state index contributed by atoms with van der Waals surface area (Å²) in [6.07, 6.45) is 0. The molecule has 220 valence electrons. The smallest absolute Gasteiger partial charge is 0.305 e.